The van der Waals surface area contributed by atoms with Gasteiger partial charge in [-0.3, -0.25) is 4.79 Å². The predicted octanol–water partition coefficient (Wildman–Crippen LogP) is 4.70. The van der Waals surface area contributed by atoms with Crippen molar-refractivity contribution in [3.8, 4) is 0 Å². The third-order valence-corrected chi connectivity index (χ3v) is 5.19. The number of amides is 1. The highest BCUT2D eigenvalue weighted by atomic mass is 79.9. The molecule has 1 amide bonds. The maximum absolute atomic E-state index is 12.1. The van der Waals surface area contributed by atoms with E-state index in [2.05, 4.69) is 28.2 Å². The second-order valence-corrected chi connectivity index (χ2v) is 7.00. The van der Waals surface area contributed by atoms with Crippen molar-refractivity contribution in [1.29, 1.82) is 0 Å². The summed E-state index contributed by atoms with van der Waals surface area (Å²) in [4.78, 5) is 12.1. The van der Waals surface area contributed by atoms with Gasteiger partial charge in [-0.05, 0) is 55.4 Å². The number of nitrogens with one attached hydrogen (secondary N) is 1. The fourth-order valence-electron chi connectivity index (χ4n) is 3.10. The molecule has 0 heterocycles. The Balaban J connectivity index is 1.78. The lowest BCUT2D eigenvalue weighted by atomic mass is 9.81. The van der Waals surface area contributed by atoms with Crippen molar-refractivity contribution >= 4 is 21.8 Å². The normalized spacial score (nSPS) is 22.6. The molecular weight excluding hydrogens is 314 g/mol. The van der Waals surface area contributed by atoms with E-state index in [-0.39, 0.29) is 5.91 Å². The van der Waals surface area contributed by atoms with Gasteiger partial charge < -0.3 is 5.32 Å². The molecule has 0 radical (unpaired) electrons. The van der Waals surface area contributed by atoms with E-state index in [0.717, 1.165) is 40.4 Å². The van der Waals surface area contributed by atoms with Crippen molar-refractivity contribution in [1.82, 2.24) is 5.32 Å². The number of hydrogen-bond acceptors (Lipinski definition) is 1. The zero-order valence-corrected chi connectivity index (χ0v) is 14.0. The van der Waals surface area contributed by atoms with Crippen LogP contribution in [0.25, 0.3) is 0 Å². The third kappa shape index (κ3) is 4.34. The largest absolute Gasteiger partial charge is 0.352 e. The van der Waals surface area contributed by atoms with Crippen LogP contribution in [-0.2, 0) is 0 Å². The third-order valence-electron chi connectivity index (χ3n) is 4.30. The number of aryl methyl sites for hydroxylation is 1. The van der Waals surface area contributed by atoms with Gasteiger partial charge >= 0.3 is 0 Å². The van der Waals surface area contributed by atoms with Crippen molar-refractivity contribution in [3.63, 3.8) is 0 Å². The molecule has 1 N–H and O–H groups in total. The van der Waals surface area contributed by atoms with Gasteiger partial charge in [0.25, 0.3) is 5.91 Å². The molecule has 1 aliphatic carbocycles. The van der Waals surface area contributed by atoms with E-state index < -0.39 is 0 Å². The first-order chi connectivity index (χ1) is 9.56. The monoisotopic (exact) mass is 337 g/mol. The first kappa shape index (κ1) is 15.6. The van der Waals surface area contributed by atoms with Crippen LogP contribution >= 0.6 is 15.9 Å². The Morgan fingerprint density at radius 2 is 2.20 bits per heavy atom. The van der Waals surface area contributed by atoms with Crippen LogP contribution in [0.4, 0.5) is 0 Å². The lowest BCUT2D eigenvalue weighted by molar-refractivity contribution is 0.0949. The van der Waals surface area contributed by atoms with Gasteiger partial charge in [0.15, 0.2) is 0 Å². The van der Waals surface area contributed by atoms with Gasteiger partial charge in [0.1, 0.15) is 0 Å². The second-order valence-electron chi connectivity index (χ2n) is 6.15. The van der Waals surface area contributed by atoms with Gasteiger partial charge in [-0.1, -0.05) is 42.1 Å². The Bertz CT molecular complexity index is 472. The van der Waals surface area contributed by atoms with Crippen molar-refractivity contribution in [3.05, 3.63) is 33.8 Å². The molecule has 3 heteroatoms. The van der Waals surface area contributed by atoms with E-state index in [1.807, 2.05) is 25.1 Å². The van der Waals surface area contributed by atoms with Gasteiger partial charge in [0, 0.05) is 16.6 Å². The van der Waals surface area contributed by atoms with E-state index >= 15 is 0 Å². The standard InChI is InChI=1S/C17H24BrNO/c1-12-4-3-5-14(10-12)8-9-19-17(20)15-6-7-16(18)13(2)11-15/h6-7,11-12,14H,3-5,8-10H2,1-2H3,(H,19,20). The first-order valence-corrected chi connectivity index (χ1v) is 8.40. The summed E-state index contributed by atoms with van der Waals surface area (Å²) in [5.74, 6) is 1.70. The summed E-state index contributed by atoms with van der Waals surface area (Å²) in [6.45, 7) is 5.14. The van der Waals surface area contributed by atoms with Crippen molar-refractivity contribution in [2.75, 3.05) is 6.54 Å². The number of carbonyl (C=O) groups is 1. The van der Waals surface area contributed by atoms with E-state index in [1.54, 1.807) is 0 Å². The minimum Gasteiger partial charge on any atom is -0.352 e. The number of hydrogen-bond donors (Lipinski definition) is 1. The fraction of sp³-hybridized carbons (Fsp3) is 0.588. The molecule has 1 fully saturated rings. The quantitative estimate of drug-likeness (QED) is 0.847. The highest BCUT2D eigenvalue weighted by molar-refractivity contribution is 9.10. The molecule has 2 rings (SSSR count). The number of rotatable bonds is 4. The van der Waals surface area contributed by atoms with Gasteiger partial charge in [-0.2, -0.15) is 0 Å². The summed E-state index contributed by atoms with van der Waals surface area (Å²) in [6.07, 6.45) is 6.50. The van der Waals surface area contributed by atoms with Crippen LogP contribution in [0.5, 0.6) is 0 Å². The Hall–Kier alpha value is -0.830. The molecule has 2 nitrogen and oxygen atoms in total. The SMILES string of the molecule is Cc1cc(C(=O)NCCC2CCCC(C)C2)ccc1Br. The van der Waals surface area contributed by atoms with Gasteiger partial charge in [0.05, 0.1) is 0 Å². The smallest absolute Gasteiger partial charge is 0.251 e. The predicted molar refractivity (Wildman–Crippen MR) is 87.0 cm³/mol. The second kappa shape index (κ2) is 7.26. The zero-order valence-electron chi connectivity index (χ0n) is 12.4. The minimum absolute atomic E-state index is 0.0458. The van der Waals surface area contributed by atoms with E-state index in [9.17, 15) is 4.79 Å². The molecule has 1 aromatic carbocycles. The molecule has 1 saturated carbocycles. The highest BCUT2D eigenvalue weighted by Crippen LogP contribution is 2.30. The average molecular weight is 338 g/mol. The van der Waals surface area contributed by atoms with E-state index in [1.165, 1.54) is 25.7 Å². The van der Waals surface area contributed by atoms with Gasteiger partial charge in [0.2, 0.25) is 0 Å². The summed E-state index contributed by atoms with van der Waals surface area (Å²) < 4.78 is 1.05. The Morgan fingerprint density at radius 3 is 2.90 bits per heavy atom. The van der Waals surface area contributed by atoms with Crippen LogP contribution in [-0.4, -0.2) is 12.5 Å². The molecule has 110 valence electrons. The van der Waals surface area contributed by atoms with Gasteiger partial charge in [-0.25, -0.2) is 0 Å². The number of benzene rings is 1. The minimum atomic E-state index is 0.0458. The number of halogens is 1. The molecular formula is C17H24BrNO. The molecule has 0 aliphatic heterocycles. The lowest BCUT2D eigenvalue weighted by Gasteiger charge is -2.26. The molecule has 0 aromatic heterocycles. The van der Waals surface area contributed by atoms with E-state index in [0.29, 0.717) is 0 Å². The molecule has 0 spiro atoms. The Kier molecular flexibility index (Phi) is 5.64. The number of carbonyl (C=O) groups excluding carboxylic acids is 1. The van der Waals surface area contributed by atoms with Gasteiger partial charge in [-0.15, -0.1) is 0 Å². The summed E-state index contributed by atoms with van der Waals surface area (Å²) in [6, 6.07) is 5.74. The van der Waals surface area contributed by atoms with Crippen LogP contribution < -0.4 is 5.32 Å². The van der Waals surface area contributed by atoms with Crippen LogP contribution in [0.2, 0.25) is 0 Å². The molecule has 0 saturated heterocycles. The summed E-state index contributed by atoms with van der Waals surface area (Å²) >= 11 is 3.46. The maximum Gasteiger partial charge on any atom is 0.251 e. The molecule has 0 bridgehead atoms. The molecule has 2 atom stereocenters. The summed E-state index contributed by atoms with van der Waals surface area (Å²) in [5.41, 5.74) is 1.85. The summed E-state index contributed by atoms with van der Waals surface area (Å²) in [5, 5.41) is 3.05. The Morgan fingerprint density at radius 1 is 1.40 bits per heavy atom. The topological polar surface area (TPSA) is 29.1 Å². The lowest BCUT2D eigenvalue weighted by Crippen LogP contribution is -2.27. The van der Waals surface area contributed by atoms with Crippen molar-refractivity contribution in [2.24, 2.45) is 11.8 Å². The first-order valence-electron chi connectivity index (χ1n) is 7.60. The van der Waals surface area contributed by atoms with Crippen molar-refractivity contribution in [2.45, 2.75) is 46.0 Å². The van der Waals surface area contributed by atoms with Crippen LogP contribution in [0, 0.1) is 18.8 Å². The van der Waals surface area contributed by atoms with Crippen molar-refractivity contribution < 1.29 is 4.79 Å². The highest BCUT2D eigenvalue weighted by Gasteiger charge is 2.18. The molecule has 20 heavy (non-hydrogen) atoms. The fourth-order valence-corrected chi connectivity index (χ4v) is 3.35. The van der Waals surface area contributed by atoms with Crippen LogP contribution in [0.1, 0.15) is 54.9 Å². The molecule has 1 aliphatic rings. The average Bonchev–Trinajstić information content (AvgIpc) is 2.42. The Labute approximate surface area is 130 Å². The zero-order chi connectivity index (χ0) is 14.5. The molecule has 2 unspecified atom stereocenters. The van der Waals surface area contributed by atoms with Crippen LogP contribution in [0.3, 0.4) is 0 Å². The summed E-state index contributed by atoms with van der Waals surface area (Å²) in [7, 11) is 0. The molecule has 1 aromatic rings. The van der Waals surface area contributed by atoms with Crippen LogP contribution in [0.15, 0.2) is 22.7 Å². The van der Waals surface area contributed by atoms with E-state index in [4.69, 9.17) is 0 Å². The maximum atomic E-state index is 12.1.